The molecule has 3 heterocycles. The summed E-state index contributed by atoms with van der Waals surface area (Å²) in [5.41, 5.74) is 1.55. The van der Waals surface area contributed by atoms with Crippen LogP contribution in [0, 0.1) is 0 Å². The lowest BCUT2D eigenvalue weighted by molar-refractivity contribution is 0.0699. The Balaban J connectivity index is 1.44. The molecule has 27 heavy (non-hydrogen) atoms. The Labute approximate surface area is 162 Å². The second kappa shape index (κ2) is 7.19. The molecule has 1 saturated heterocycles. The monoisotopic (exact) mass is 385 g/mol. The highest BCUT2D eigenvalue weighted by Crippen LogP contribution is 2.35. The Hall–Kier alpha value is -2.61. The average molecular weight is 385 g/mol. The first kappa shape index (κ1) is 17.8. The summed E-state index contributed by atoms with van der Waals surface area (Å²) in [6.07, 6.45) is 5.13. The number of thiazole rings is 1. The second-order valence-corrected chi connectivity index (χ2v) is 7.84. The van der Waals surface area contributed by atoms with Crippen LogP contribution in [0.25, 0.3) is 10.2 Å². The van der Waals surface area contributed by atoms with Crippen molar-refractivity contribution < 1.29 is 9.53 Å². The van der Waals surface area contributed by atoms with Gasteiger partial charge in [-0.2, -0.15) is 0 Å². The summed E-state index contributed by atoms with van der Waals surface area (Å²) in [7, 11) is 5.41. The van der Waals surface area contributed by atoms with E-state index < -0.39 is 0 Å². The van der Waals surface area contributed by atoms with Crippen LogP contribution in [0.4, 0.5) is 5.13 Å². The van der Waals surface area contributed by atoms with Gasteiger partial charge in [0.2, 0.25) is 0 Å². The SMILES string of the molecule is COc1cccc2sc(N3CCC(N(C)C(=O)c4cncn4C)CC3)nc12. The number of ether oxygens (including phenoxy) is 1. The topological polar surface area (TPSA) is 63.5 Å². The normalized spacial score (nSPS) is 15.3. The number of rotatable bonds is 4. The molecule has 3 aromatic rings. The minimum absolute atomic E-state index is 0.0261. The largest absolute Gasteiger partial charge is 0.494 e. The molecule has 8 heteroatoms. The summed E-state index contributed by atoms with van der Waals surface area (Å²) in [5.74, 6) is 0.838. The van der Waals surface area contributed by atoms with Crippen LogP contribution in [0.1, 0.15) is 23.3 Å². The number of methoxy groups -OCH3 is 1. The van der Waals surface area contributed by atoms with Gasteiger partial charge < -0.3 is 19.1 Å². The van der Waals surface area contributed by atoms with Gasteiger partial charge in [-0.1, -0.05) is 17.4 Å². The number of carbonyl (C=O) groups excluding carboxylic acids is 1. The van der Waals surface area contributed by atoms with Gasteiger partial charge in [-0.15, -0.1) is 0 Å². The summed E-state index contributed by atoms with van der Waals surface area (Å²) in [6.45, 7) is 1.77. The molecule has 1 aliphatic heterocycles. The number of fused-ring (bicyclic) bond motifs is 1. The Morgan fingerprint density at radius 1 is 1.33 bits per heavy atom. The molecule has 1 fully saturated rings. The molecule has 0 N–H and O–H groups in total. The number of hydrogen-bond acceptors (Lipinski definition) is 6. The van der Waals surface area contributed by atoms with E-state index in [9.17, 15) is 4.79 Å². The number of imidazole rings is 1. The number of amides is 1. The van der Waals surface area contributed by atoms with Crippen LogP contribution in [-0.4, -0.2) is 58.6 Å². The van der Waals surface area contributed by atoms with Crippen molar-refractivity contribution in [3.8, 4) is 5.75 Å². The molecule has 1 amide bonds. The third-order valence-electron chi connectivity index (χ3n) is 5.23. The second-order valence-electron chi connectivity index (χ2n) is 6.83. The maximum Gasteiger partial charge on any atom is 0.272 e. The van der Waals surface area contributed by atoms with E-state index in [1.807, 2.05) is 31.1 Å². The van der Waals surface area contributed by atoms with Gasteiger partial charge in [-0.25, -0.2) is 9.97 Å². The highest BCUT2D eigenvalue weighted by atomic mass is 32.1. The zero-order chi connectivity index (χ0) is 19.0. The summed E-state index contributed by atoms with van der Waals surface area (Å²) in [4.78, 5) is 25.7. The van der Waals surface area contributed by atoms with E-state index in [1.165, 1.54) is 0 Å². The number of para-hydroxylation sites is 1. The molecule has 1 aromatic carbocycles. The molecule has 0 spiro atoms. The standard InChI is InChI=1S/C19H23N5O2S/c1-22-12-20-11-14(22)18(25)23(2)13-7-9-24(10-8-13)19-21-17-15(26-3)5-4-6-16(17)27-19/h4-6,11-13H,7-10H2,1-3H3. The minimum Gasteiger partial charge on any atom is -0.494 e. The maximum absolute atomic E-state index is 12.7. The first-order valence-electron chi connectivity index (χ1n) is 9.00. The van der Waals surface area contributed by atoms with Crippen LogP contribution in [0.3, 0.4) is 0 Å². The van der Waals surface area contributed by atoms with Crippen LogP contribution in [0.15, 0.2) is 30.7 Å². The first-order chi connectivity index (χ1) is 13.1. The lowest BCUT2D eigenvalue weighted by atomic mass is 10.0. The number of carbonyl (C=O) groups is 1. The van der Waals surface area contributed by atoms with Gasteiger partial charge in [0, 0.05) is 33.2 Å². The van der Waals surface area contributed by atoms with Gasteiger partial charge >= 0.3 is 0 Å². The average Bonchev–Trinajstić information content (AvgIpc) is 3.32. The third kappa shape index (κ3) is 3.25. The van der Waals surface area contributed by atoms with E-state index in [1.54, 1.807) is 35.5 Å². The van der Waals surface area contributed by atoms with Crippen molar-refractivity contribution in [1.29, 1.82) is 0 Å². The fourth-order valence-electron chi connectivity index (χ4n) is 3.57. The van der Waals surface area contributed by atoms with Gasteiger partial charge in [0.1, 0.15) is 17.0 Å². The van der Waals surface area contributed by atoms with Crippen molar-refractivity contribution in [1.82, 2.24) is 19.4 Å². The molecular weight excluding hydrogens is 362 g/mol. The molecule has 0 unspecified atom stereocenters. The van der Waals surface area contributed by atoms with Crippen molar-refractivity contribution in [3.63, 3.8) is 0 Å². The summed E-state index contributed by atoms with van der Waals surface area (Å²) in [5, 5.41) is 1.02. The predicted octanol–water partition coefficient (Wildman–Crippen LogP) is 2.78. The zero-order valence-corrected chi connectivity index (χ0v) is 16.6. The lowest BCUT2D eigenvalue weighted by Crippen LogP contribution is -2.46. The molecule has 2 aromatic heterocycles. The van der Waals surface area contributed by atoms with Gasteiger partial charge in [0.15, 0.2) is 5.13 Å². The molecule has 1 aliphatic rings. The highest BCUT2D eigenvalue weighted by Gasteiger charge is 2.28. The van der Waals surface area contributed by atoms with E-state index in [-0.39, 0.29) is 11.9 Å². The van der Waals surface area contributed by atoms with Crippen molar-refractivity contribution in [2.75, 3.05) is 32.1 Å². The Morgan fingerprint density at radius 3 is 2.78 bits per heavy atom. The highest BCUT2D eigenvalue weighted by molar-refractivity contribution is 7.22. The van der Waals surface area contributed by atoms with Crippen LogP contribution in [-0.2, 0) is 7.05 Å². The summed E-state index contributed by atoms with van der Waals surface area (Å²) >= 11 is 1.69. The van der Waals surface area contributed by atoms with Gasteiger partial charge in [-0.3, -0.25) is 4.79 Å². The number of benzene rings is 1. The van der Waals surface area contributed by atoms with Crippen molar-refractivity contribution in [3.05, 3.63) is 36.4 Å². The Bertz CT molecular complexity index is 958. The van der Waals surface area contributed by atoms with Gasteiger partial charge in [0.05, 0.1) is 24.3 Å². The van der Waals surface area contributed by atoms with Crippen LogP contribution in [0.2, 0.25) is 0 Å². The van der Waals surface area contributed by atoms with Crippen molar-refractivity contribution in [2.24, 2.45) is 7.05 Å². The van der Waals surface area contributed by atoms with E-state index in [4.69, 9.17) is 9.72 Å². The summed E-state index contributed by atoms with van der Waals surface area (Å²) in [6, 6.07) is 6.24. The number of hydrogen-bond donors (Lipinski definition) is 0. The van der Waals surface area contributed by atoms with E-state index in [0.29, 0.717) is 5.69 Å². The predicted molar refractivity (Wildman–Crippen MR) is 107 cm³/mol. The van der Waals surface area contributed by atoms with Crippen LogP contribution >= 0.6 is 11.3 Å². The van der Waals surface area contributed by atoms with Crippen molar-refractivity contribution >= 4 is 32.6 Å². The zero-order valence-electron chi connectivity index (χ0n) is 15.8. The molecule has 7 nitrogen and oxygen atoms in total. The molecule has 0 saturated carbocycles. The Morgan fingerprint density at radius 2 is 2.11 bits per heavy atom. The summed E-state index contributed by atoms with van der Waals surface area (Å²) < 4.78 is 8.32. The van der Waals surface area contributed by atoms with Crippen LogP contribution < -0.4 is 9.64 Å². The number of piperidine rings is 1. The molecule has 4 rings (SSSR count). The molecule has 0 radical (unpaired) electrons. The smallest absolute Gasteiger partial charge is 0.272 e. The quantitative estimate of drug-likeness (QED) is 0.691. The van der Waals surface area contributed by atoms with E-state index in [0.717, 1.165) is 47.0 Å². The Kier molecular flexibility index (Phi) is 4.73. The third-order valence-corrected chi connectivity index (χ3v) is 6.31. The molecular formula is C19H23N5O2S. The number of nitrogens with zero attached hydrogens (tertiary/aromatic N) is 5. The first-order valence-corrected chi connectivity index (χ1v) is 9.82. The fourth-order valence-corrected chi connectivity index (χ4v) is 4.60. The molecule has 0 bridgehead atoms. The van der Waals surface area contributed by atoms with Gasteiger partial charge in [0.25, 0.3) is 5.91 Å². The molecule has 142 valence electrons. The molecule has 0 atom stereocenters. The van der Waals surface area contributed by atoms with Gasteiger partial charge in [-0.05, 0) is 25.0 Å². The van der Waals surface area contributed by atoms with E-state index in [2.05, 4.69) is 16.0 Å². The van der Waals surface area contributed by atoms with Crippen molar-refractivity contribution in [2.45, 2.75) is 18.9 Å². The minimum atomic E-state index is 0.0261. The number of aromatic nitrogens is 3. The van der Waals surface area contributed by atoms with E-state index >= 15 is 0 Å². The van der Waals surface area contributed by atoms with Crippen LogP contribution in [0.5, 0.6) is 5.75 Å². The number of anilines is 1. The number of aryl methyl sites for hydroxylation is 1. The lowest BCUT2D eigenvalue weighted by Gasteiger charge is -2.36. The molecule has 0 aliphatic carbocycles. The maximum atomic E-state index is 12.7. The fraction of sp³-hybridized carbons (Fsp3) is 0.421.